The molecule has 7 heteroatoms. The summed E-state index contributed by atoms with van der Waals surface area (Å²) in [4.78, 5) is 12.0. The van der Waals surface area contributed by atoms with Gasteiger partial charge in [0.05, 0.1) is 11.9 Å². The molecule has 1 fully saturated rings. The average molecular weight is 431 g/mol. The molecule has 1 aromatic carbocycles. The van der Waals surface area contributed by atoms with E-state index >= 15 is 0 Å². The standard InChI is InChI=1S/C18H27BrN2O3S/c1-25(23,24)21(17-11-6-5-10-16(17)19)13-7-12-18(22)20-14-15-8-3-2-4-9-15/h5-6,10-11,15H,2-4,7-9,12-14H2,1H3,(H,20,22). The quantitative estimate of drug-likeness (QED) is 0.683. The smallest absolute Gasteiger partial charge is 0.232 e. The second-order valence-electron chi connectivity index (χ2n) is 6.70. The third-order valence-corrected chi connectivity index (χ3v) is 6.45. The third-order valence-electron chi connectivity index (χ3n) is 4.60. The number of amides is 1. The minimum atomic E-state index is -3.40. The van der Waals surface area contributed by atoms with Gasteiger partial charge in [0.25, 0.3) is 0 Å². The van der Waals surface area contributed by atoms with Crippen molar-refractivity contribution in [3.63, 3.8) is 0 Å². The Morgan fingerprint density at radius 2 is 1.92 bits per heavy atom. The van der Waals surface area contributed by atoms with Crippen LogP contribution in [0.3, 0.4) is 0 Å². The first-order valence-corrected chi connectivity index (χ1v) is 11.5. The van der Waals surface area contributed by atoms with E-state index in [4.69, 9.17) is 0 Å². The molecule has 0 aliphatic heterocycles. The second-order valence-corrected chi connectivity index (χ2v) is 9.46. The molecule has 0 heterocycles. The maximum absolute atomic E-state index is 12.1. The lowest BCUT2D eigenvalue weighted by molar-refractivity contribution is -0.121. The Balaban J connectivity index is 1.82. The van der Waals surface area contributed by atoms with Gasteiger partial charge < -0.3 is 5.32 Å². The van der Waals surface area contributed by atoms with E-state index in [1.54, 1.807) is 12.1 Å². The van der Waals surface area contributed by atoms with Gasteiger partial charge in [0.1, 0.15) is 0 Å². The summed E-state index contributed by atoms with van der Waals surface area (Å²) in [5.41, 5.74) is 0.604. The lowest BCUT2D eigenvalue weighted by Crippen LogP contribution is -2.33. The van der Waals surface area contributed by atoms with Crippen molar-refractivity contribution in [1.29, 1.82) is 0 Å². The predicted molar refractivity (Wildman–Crippen MR) is 105 cm³/mol. The fourth-order valence-electron chi connectivity index (χ4n) is 3.24. The molecule has 2 rings (SSSR count). The minimum Gasteiger partial charge on any atom is -0.356 e. The molecular formula is C18H27BrN2O3S. The van der Waals surface area contributed by atoms with Crippen LogP contribution < -0.4 is 9.62 Å². The number of sulfonamides is 1. The van der Waals surface area contributed by atoms with E-state index in [-0.39, 0.29) is 12.5 Å². The molecule has 25 heavy (non-hydrogen) atoms. The SMILES string of the molecule is CS(=O)(=O)N(CCCC(=O)NCC1CCCCC1)c1ccccc1Br. The molecule has 0 spiro atoms. The van der Waals surface area contributed by atoms with Crippen LogP contribution in [0.1, 0.15) is 44.9 Å². The van der Waals surface area contributed by atoms with E-state index < -0.39 is 10.0 Å². The van der Waals surface area contributed by atoms with Gasteiger partial charge in [0.2, 0.25) is 15.9 Å². The van der Waals surface area contributed by atoms with Gasteiger partial charge in [-0.2, -0.15) is 0 Å². The van der Waals surface area contributed by atoms with Crippen LogP contribution in [0, 0.1) is 5.92 Å². The normalized spacial score (nSPS) is 15.8. The first kappa shape index (κ1) is 20.2. The Morgan fingerprint density at radius 1 is 1.24 bits per heavy atom. The Labute approximate surface area is 159 Å². The number of carbonyl (C=O) groups is 1. The third kappa shape index (κ3) is 6.62. The van der Waals surface area contributed by atoms with E-state index in [9.17, 15) is 13.2 Å². The molecular weight excluding hydrogens is 404 g/mol. The molecule has 0 unspecified atom stereocenters. The van der Waals surface area contributed by atoms with Gasteiger partial charge in [-0.05, 0) is 53.2 Å². The summed E-state index contributed by atoms with van der Waals surface area (Å²) in [5, 5.41) is 3.00. The Kier molecular flexibility index (Phi) is 7.75. The highest BCUT2D eigenvalue weighted by atomic mass is 79.9. The van der Waals surface area contributed by atoms with Crippen molar-refractivity contribution in [3.8, 4) is 0 Å². The molecule has 140 valence electrons. The number of para-hydroxylation sites is 1. The zero-order valence-electron chi connectivity index (χ0n) is 14.7. The van der Waals surface area contributed by atoms with Crippen molar-refractivity contribution in [2.24, 2.45) is 5.92 Å². The summed E-state index contributed by atoms with van der Waals surface area (Å²) < 4.78 is 26.3. The molecule has 1 saturated carbocycles. The summed E-state index contributed by atoms with van der Waals surface area (Å²) in [5.74, 6) is 0.608. The fourth-order valence-corrected chi connectivity index (χ4v) is 4.83. The highest BCUT2D eigenvalue weighted by molar-refractivity contribution is 9.10. The van der Waals surface area contributed by atoms with Crippen LogP contribution in [0.25, 0.3) is 0 Å². The van der Waals surface area contributed by atoms with Crippen LogP contribution in [0.2, 0.25) is 0 Å². The number of hydrogen-bond acceptors (Lipinski definition) is 3. The Hall–Kier alpha value is -1.08. The van der Waals surface area contributed by atoms with Gasteiger partial charge in [-0.3, -0.25) is 9.10 Å². The molecule has 1 amide bonds. The number of nitrogens with one attached hydrogen (secondary N) is 1. The number of anilines is 1. The molecule has 0 saturated heterocycles. The maximum Gasteiger partial charge on any atom is 0.232 e. The minimum absolute atomic E-state index is 0.00570. The fraction of sp³-hybridized carbons (Fsp3) is 0.611. The number of rotatable bonds is 8. The van der Waals surface area contributed by atoms with E-state index in [2.05, 4.69) is 21.2 Å². The lowest BCUT2D eigenvalue weighted by atomic mass is 9.89. The maximum atomic E-state index is 12.1. The van der Waals surface area contributed by atoms with Crippen LogP contribution in [-0.2, 0) is 14.8 Å². The zero-order chi connectivity index (χ0) is 18.3. The first-order valence-electron chi connectivity index (χ1n) is 8.87. The Bertz CT molecular complexity index is 673. The van der Waals surface area contributed by atoms with Gasteiger partial charge in [-0.25, -0.2) is 8.42 Å². The van der Waals surface area contributed by atoms with E-state index in [1.165, 1.54) is 42.7 Å². The molecule has 1 N–H and O–H groups in total. The highest BCUT2D eigenvalue weighted by Crippen LogP contribution is 2.28. The van der Waals surface area contributed by atoms with Gasteiger partial charge >= 0.3 is 0 Å². The highest BCUT2D eigenvalue weighted by Gasteiger charge is 2.20. The van der Waals surface area contributed by atoms with Crippen LogP contribution in [0.5, 0.6) is 0 Å². The van der Waals surface area contributed by atoms with Crippen molar-refractivity contribution in [2.75, 3.05) is 23.7 Å². The average Bonchev–Trinajstić information content (AvgIpc) is 2.58. The topological polar surface area (TPSA) is 66.5 Å². The van der Waals surface area contributed by atoms with Crippen molar-refractivity contribution in [3.05, 3.63) is 28.7 Å². The van der Waals surface area contributed by atoms with Crippen LogP contribution in [-0.4, -0.2) is 33.7 Å². The summed E-state index contributed by atoms with van der Waals surface area (Å²) in [6.07, 6.45) is 8.24. The molecule has 0 aromatic heterocycles. The Morgan fingerprint density at radius 3 is 2.56 bits per heavy atom. The molecule has 0 atom stereocenters. The summed E-state index contributed by atoms with van der Waals surface area (Å²) >= 11 is 3.39. The van der Waals surface area contributed by atoms with Gasteiger partial charge in [-0.1, -0.05) is 31.4 Å². The zero-order valence-corrected chi connectivity index (χ0v) is 17.1. The van der Waals surface area contributed by atoms with Crippen LogP contribution >= 0.6 is 15.9 Å². The number of carbonyl (C=O) groups excluding carboxylic acids is 1. The van der Waals surface area contributed by atoms with Crippen molar-refractivity contribution >= 4 is 37.5 Å². The molecule has 0 bridgehead atoms. The number of benzene rings is 1. The van der Waals surface area contributed by atoms with Crippen molar-refractivity contribution in [2.45, 2.75) is 44.9 Å². The number of halogens is 1. The summed E-state index contributed by atoms with van der Waals surface area (Å²) in [6.45, 7) is 1.04. The monoisotopic (exact) mass is 430 g/mol. The second kappa shape index (κ2) is 9.57. The van der Waals surface area contributed by atoms with Crippen LogP contribution in [0.4, 0.5) is 5.69 Å². The van der Waals surface area contributed by atoms with E-state index in [1.807, 2.05) is 12.1 Å². The van der Waals surface area contributed by atoms with E-state index in [0.717, 1.165) is 11.0 Å². The summed E-state index contributed by atoms with van der Waals surface area (Å²) in [6, 6.07) is 7.21. The molecule has 1 aliphatic rings. The molecule has 1 aliphatic carbocycles. The van der Waals surface area contributed by atoms with Gasteiger partial charge in [0, 0.05) is 24.0 Å². The van der Waals surface area contributed by atoms with Crippen molar-refractivity contribution in [1.82, 2.24) is 5.32 Å². The van der Waals surface area contributed by atoms with Crippen molar-refractivity contribution < 1.29 is 13.2 Å². The van der Waals surface area contributed by atoms with Gasteiger partial charge in [0.15, 0.2) is 0 Å². The van der Waals surface area contributed by atoms with Crippen LogP contribution in [0.15, 0.2) is 28.7 Å². The van der Waals surface area contributed by atoms with Gasteiger partial charge in [-0.15, -0.1) is 0 Å². The lowest BCUT2D eigenvalue weighted by Gasteiger charge is -2.24. The molecule has 0 radical (unpaired) electrons. The van der Waals surface area contributed by atoms with E-state index in [0.29, 0.717) is 24.4 Å². The summed E-state index contributed by atoms with van der Waals surface area (Å²) in [7, 11) is -3.40. The molecule has 5 nitrogen and oxygen atoms in total. The predicted octanol–water partition coefficient (Wildman–Crippen LogP) is 3.69. The molecule has 1 aromatic rings. The first-order chi connectivity index (χ1) is 11.9. The number of nitrogens with zero attached hydrogens (tertiary/aromatic N) is 1. The number of hydrogen-bond donors (Lipinski definition) is 1. The largest absolute Gasteiger partial charge is 0.356 e.